The Balaban J connectivity index is 0.000000179. The molecular weight excluding hydrogens is 878 g/mol. The molecule has 10 rings (SSSR count). The average molecular weight is 926 g/mol. The summed E-state index contributed by atoms with van der Waals surface area (Å²) in [7, 11) is -1.05. The molecule has 2 fully saturated rings. The first-order chi connectivity index (χ1) is 28.9. The summed E-state index contributed by atoms with van der Waals surface area (Å²) in [4.78, 5) is 12.1. The second-order valence-electron chi connectivity index (χ2n) is 13.6. The SMILES string of the molecule is [Cu+].[Cu+].c1ccc(P(c2ccccc2)c2ccccc2N2CCCC2)cc1.c1ccc(P(c2ccccc2)c2ccccc2N2CCCC2)cc1.c1nc[n-]n1.c1nc[n-]n1. The van der Waals surface area contributed by atoms with Crippen molar-refractivity contribution < 1.29 is 34.1 Å². The fourth-order valence-electron chi connectivity index (χ4n) is 7.22. The molecule has 0 aliphatic carbocycles. The average Bonchev–Trinajstić information content (AvgIpc) is 4.16. The van der Waals surface area contributed by atoms with Gasteiger partial charge in [-0.2, -0.15) is 0 Å². The molecule has 8 nitrogen and oxygen atoms in total. The van der Waals surface area contributed by atoms with E-state index in [0.29, 0.717) is 0 Å². The minimum atomic E-state index is -0.525. The van der Waals surface area contributed by atoms with Gasteiger partial charge in [-0.05, 0) is 74.9 Å². The summed E-state index contributed by atoms with van der Waals surface area (Å²) in [6, 6.07) is 61.9. The van der Waals surface area contributed by atoms with Crippen LogP contribution >= 0.6 is 15.8 Å². The third-order valence-electron chi connectivity index (χ3n) is 9.80. The Labute approximate surface area is 378 Å². The summed E-state index contributed by atoms with van der Waals surface area (Å²) < 4.78 is 0. The van der Waals surface area contributed by atoms with E-state index in [4.69, 9.17) is 0 Å². The predicted octanol–water partition coefficient (Wildman–Crippen LogP) is 6.95. The second kappa shape index (κ2) is 25.7. The van der Waals surface area contributed by atoms with Crippen molar-refractivity contribution in [3.63, 3.8) is 0 Å². The van der Waals surface area contributed by atoms with Crippen molar-refractivity contribution >= 4 is 59.0 Å². The molecule has 6 aromatic carbocycles. The first-order valence-corrected chi connectivity index (χ1v) is 22.5. The number of benzene rings is 6. The predicted molar refractivity (Wildman–Crippen MR) is 244 cm³/mol. The van der Waals surface area contributed by atoms with Crippen molar-refractivity contribution in [3.8, 4) is 0 Å². The second-order valence-corrected chi connectivity index (χ2v) is 18.0. The Bertz CT molecular complexity index is 2000. The molecule has 0 N–H and O–H groups in total. The van der Waals surface area contributed by atoms with E-state index in [0.717, 1.165) is 0 Å². The van der Waals surface area contributed by atoms with E-state index < -0.39 is 15.8 Å². The first-order valence-electron chi connectivity index (χ1n) is 19.8. The van der Waals surface area contributed by atoms with Crippen molar-refractivity contribution in [2.45, 2.75) is 25.7 Å². The van der Waals surface area contributed by atoms with E-state index in [9.17, 15) is 0 Å². The van der Waals surface area contributed by atoms with E-state index in [1.165, 1.54) is 120 Å². The Morgan fingerprint density at radius 3 is 0.900 bits per heavy atom. The topological polar surface area (TPSA) is 86.2 Å². The molecule has 0 spiro atoms. The van der Waals surface area contributed by atoms with Crippen LogP contribution in [-0.2, 0) is 34.1 Å². The van der Waals surface area contributed by atoms with Crippen molar-refractivity contribution in [1.82, 2.24) is 30.4 Å². The number of rotatable bonds is 8. The molecule has 8 aromatic rings. The third kappa shape index (κ3) is 13.0. The van der Waals surface area contributed by atoms with Crippen LogP contribution in [0.15, 0.2) is 195 Å². The van der Waals surface area contributed by atoms with E-state index in [1.807, 2.05) is 0 Å². The zero-order valence-corrected chi connectivity index (χ0v) is 36.9. The van der Waals surface area contributed by atoms with Crippen LogP contribution in [-0.4, -0.2) is 46.3 Å². The van der Waals surface area contributed by atoms with Gasteiger partial charge in [0.15, 0.2) is 0 Å². The zero-order valence-electron chi connectivity index (χ0n) is 33.2. The van der Waals surface area contributed by atoms with Crippen molar-refractivity contribution in [3.05, 3.63) is 195 Å². The van der Waals surface area contributed by atoms with Gasteiger partial charge in [0.1, 0.15) is 0 Å². The van der Waals surface area contributed by atoms with Crippen molar-refractivity contribution in [1.29, 1.82) is 0 Å². The van der Waals surface area contributed by atoms with Gasteiger partial charge in [-0.25, -0.2) is 0 Å². The van der Waals surface area contributed by atoms with Gasteiger partial charge < -0.3 is 30.0 Å². The van der Waals surface area contributed by atoms with E-state index in [1.54, 1.807) is 0 Å². The number of hydrogen-bond acceptors (Lipinski definition) is 6. The third-order valence-corrected chi connectivity index (χ3v) is 14.8. The number of para-hydroxylation sites is 2. The summed E-state index contributed by atoms with van der Waals surface area (Å²) in [6.45, 7) is 4.74. The largest absolute Gasteiger partial charge is 1.00 e. The molecule has 2 aliphatic heterocycles. The fourth-order valence-corrected chi connectivity index (χ4v) is 12.2. The monoisotopic (exact) mass is 924 g/mol. The van der Waals surface area contributed by atoms with Crippen LogP contribution in [0.5, 0.6) is 0 Å². The summed E-state index contributed by atoms with van der Waals surface area (Å²) in [5.74, 6) is 0. The number of hydrogen-bond donors (Lipinski definition) is 0. The van der Waals surface area contributed by atoms with Crippen LogP contribution in [0.1, 0.15) is 25.7 Å². The summed E-state index contributed by atoms with van der Waals surface area (Å²) in [6.07, 6.45) is 10.8. The van der Waals surface area contributed by atoms with Gasteiger partial charge in [0, 0.05) is 60.8 Å². The molecule has 0 saturated carbocycles. The van der Waals surface area contributed by atoms with Crippen molar-refractivity contribution in [2.75, 3.05) is 36.0 Å². The molecule has 0 unspecified atom stereocenters. The van der Waals surface area contributed by atoms with Crippen LogP contribution in [0.2, 0.25) is 0 Å². The number of anilines is 2. The van der Waals surface area contributed by atoms with Gasteiger partial charge in [-0.15, -0.1) is 0 Å². The van der Waals surface area contributed by atoms with Crippen LogP contribution < -0.4 is 51.8 Å². The summed E-state index contributed by atoms with van der Waals surface area (Å²) in [5, 5.41) is 22.1. The molecule has 0 amide bonds. The molecule has 0 bridgehead atoms. The molecular formula is C48H48Cu2N8P2. The quantitative estimate of drug-likeness (QED) is 0.120. The van der Waals surface area contributed by atoms with Crippen LogP contribution in [0, 0.1) is 0 Å². The van der Waals surface area contributed by atoms with Gasteiger partial charge in [0.2, 0.25) is 0 Å². The Hall–Kier alpha value is -4.90. The van der Waals surface area contributed by atoms with E-state index in [2.05, 4.69) is 210 Å². The molecule has 60 heavy (non-hydrogen) atoms. The minimum absolute atomic E-state index is 0. The Kier molecular flexibility index (Phi) is 19.7. The van der Waals surface area contributed by atoms with Gasteiger partial charge in [0.25, 0.3) is 0 Å². The van der Waals surface area contributed by atoms with Crippen LogP contribution in [0.3, 0.4) is 0 Å². The van der Waals surface area contributed by atoms with E-state index in [-0.39, 0.29) is 34.1 Å². The van der Waals surface area contributed by atoms with E-state index >= 15 is 0 Å². The Morgan fingerprint density at radius 1 is 0.367 bits per heavy atom. The van der Waals surface area contributed by atoms with Crippen LogP contribution in [0.4, 0.5) is 11.4 Å². The normalized spacial score (nSPS) is 12.8. The molecule has 312 valence electrons. The number of aromatic nitrogens is 6. The van der Waals surface area contributed by atoms with Crippen molar-refractivity contribution in [2.24, 2.45) is 0 Å². The maximum atomic E-state index is 3.50. The summed E-state index contributed by atoms with van der Waals surface area (Å²) in [5.41, 5.74) is 2.85. The maximum absolute atomic E-state index is 3.50. The van der Waals surface area contributed by atoms with Gasteiger partial charge in [-0.3, -0.25) is 10.2 Å². The Morgan fingerprint density at radius 2 is 0.650 bits per heavy atom. The smallest absolute Gasteiger partial charge is 0.432 e. The van der Waals surface area contributed by atoms with Gasteiger partial charge in [0.05, 0.1) is 0 Å². The van der Waals surface area contributed by atoms with Gasteiger partial charge in [-0.1, -0.05) is 170 Å². The molecule has 0 radical (unpaired) electrons. The number of nitrogens with zero attached hydrogens (tertiary/aromatic N) is 8. The standard InChI is InChI=1S/2C22H22NP.2C2H2N3.2Cu/c2*1-3-11-19(12-4-1)24(20-13-5-2-6-14-20)22-16-8-7-15-21(22)23-17-9-10-18-23;2*1-3-2-5-4-1;;/h2*1-8,11-16H,9-10,17-18H2;2*1-2H;;/q;;2*-1;2*+1. The molecule has 2 saturated heterocycles. The fraction of sp³-hybridized carbons (Fsp3) is 0.167. The first kappa shape index (κ1) is 46.2. The zero-order chi connectivity index (χ0) is 39.5. The molecule has 2 aliphatic rings. The van der Waals surface area contributed by atoms with Gasteiger partial charge >= 0.3 is 34.1 Å². The van der Waals surface area contributed by atoms with Crippen LogP contribution in [0.25, 0.3) is 0 Å². The maximum Gasteiger partial charge on any atom is 1.00 e. The molecule has 0 atom stereocenters. The summed E-state index contributed by atoms with van der Waals surface area (Å²) >= 11 is 0. The molecule has 2 aromatic heterocycles. The minimum Gasteiger partial charge on any atom is -0.432 e. The molecule has 12 heteroatoms. The molecule has 4 heterocycles.